The maximum absolute atomic E-state index is 12.1. The van der Waals surface area contributed by atoms with E-state index in [9.17, 15) is 19.2 Å². The van der Waals surface area contributed by atoms with Gasteiger partial charge in [0, 0.05) is 0 Å². The molecule has 232 valence electrons. The van der Waals surface area contributed by atoms with Gasteiger partial charge in [-0.2, -0.15) is 0 Å². The Labute approximate surface area is 250 Å². The Balaban J connectivity index is 1.32. The van der Waals surface area contributed by atoms with Crippen LogP contribution >= 0.6 is 0 Å². The van der Waals surface area contributed by atoms with Crippen molar-refractivity contribution in [1.29, 1.82) is 0 Å². The van der Waals surface area contributed by atoms with Gasteiger partial charge in [-0.05, 0) is 0 Å². The Morgan fingerprint density at radius 1 is 0.439 bits per heavy atom. The number of hydrogen-bond donors (Lipinski definition) is 4. The van der Waals surface area contributed by atoms with Crippen molar-refractivity contribution in [3.63, 3.8) is 0 Å². The molecule has 4 heterocycles. The molecule has 4 amide bonds. The summed E-state index contributed by atoms with van der Waals surface area (Å²) in [5.74, 6) is 1.05. The van der Waals surface area contributed by atoms with E-state index in [1.54, 1.807) is 0 Å². The van der Waals surface area contributed by atoms with E-state index in [4.69, 9.17) is 0 Å². The van der Waals surface area contributed by atoms with Crippen molar-refractivity contribution in [3.8, 4) is 0 Å². The van der Waals surface area contributed by atoms with Crippen molar-refractivity contribution in [2.24, 2.45) is 0 Å². The van der Waals surface area contributed by atoms with Crippen LogP contribution in [0.2, 0.25) is 0 Å². The molecular weight excluding hydrogens is 631 g/mol. The quantitative estimate of drug-likeness (QED) is 0.103. The van der Waals surface area contributed by atoms with Gasteiger partial charge in [0.15, 0.2) is 0 Å². The maximum atomic E-state index is 12.1. The van der Waals surface area contributed by atoms with Crippen molar-refractivity contribution < 1.29 is 19.2 Å². The van der Waals surface area contributed by atoms with E-state index >= 15 is 0 Å². The zero-order valence-electron chi connectivity index (χ0n) is 24.9. The van der Waals surface area contributed by atoms with Gasteiger partial charge in [0.1, 0.15) is 0 Å². The molecule has 4 aliphatic heterocycles. The second-order valence-corrected chi connectivity index (χ2v) is 20.1. The van der Waals surface area contributed by atoms with E-state index in [-0.39, 0.29) is 23.6 Å². The second-order valence-electron chi connectivity index (χ2n) is 11.8. The minimum atomic E-state index is -3.53. The van der Waals surface area contributed by atoms with Crippen molar-refractivity contribution in [1.82, 2.24) is 33.8 Å². The summed E-state index contributed by atoms with van der Waals surface area (Å²) in [5.41, 5.74) is 0. The Morgan fingerprint density at radius 3 is 0.878 bits per heavy atom. The number of nitrogens with zero attached hydrogens (tertiary/aromatic N) is 4. The molecule has 4 aliphatic rings. The van der Waals surface area contributed by atoms with Gasteiger partial charge in [-0.3, -0.25) is 0 Å². The summed E-state index contributed by atoms with van der Waals surface area (Å²) in [6, 6.07) is 0. The number of likely N-dealkylation sites (tertiary alicyclic amines) is 4. The van der Waals surface area contributed by atoms with Crippen LogP contribution in [-0.2, 0) is 19.2 Å². The van der Waals surface area contributed by atoms with Crippen LogP contribution in [0.3, 0.4) is 0 Å². The van der Waals surface area contributed by atoms with Gasteiger partial charge in [-0.1, -0.05) is 0 Å². The molecule has 0 aromatic rings. The fourth-order valence-corrected chi connectivity index (χ4v) is 14.8. The normalized spacial score (nSPS) is 20.1. The summed E-state index contributed by atoms with van der Waals surface area (Å²) in [7, 11) is 0. The first-order valence-corrected chi connectivity index (χ1v) is 21.8. The Hall–Kier alpha value is -1.48. The number of nitrogens with one attached hydrogen (secondary N) is 4. The van der Waals surface area contributed by atoms with Crippen LogP contribution in [-0.4, -0.2) is 141 Å². The Kier molecular flexibility index (Phi) is 13.4. The molecule has 4 saturated heterocycles. The van der Waals surface area contributed by atoms with Crippen molar-refractivity contribution in [3.05, 3.63) is 0 Å². The van der Waals surface area contributed by atoms with E-state index in [2.05, 4.69) is 14.2 Å². The van der Waals surface area contributed by atoms with E-state index in [0.717, 1.165) is 130 Å². The molecule has 4 fully saturated rings. The number of carbonyl (C=O) groups is 4. The molecule has 0 aromatic heterocycles. The first-order valence-electron chi connectivity index (χ1n) is 16.1. The summed E-state index contributed by atoms with van der Waals surface area (Å²) in [5, 5.41) is 0. The van der Waals surface area contributed by atoms with Gasteiger partial charge < -0.3 is 0 Å². The number of carbonyl (C=O) groups excluding carboxylic acids is 4. The van der Waals surface area contributed by atoms with Gasteiger partial charge in [-0.15, -0.1) is 0 Å². The molecule has 0 unspecified atom stereocenters. The zero-order valence-corrected chi connectivity index (χ0v) is 27.7. The van der Waals surface area contributed by atoms with Crippen molar-refractivity contribution >= 4 is 43.1 Å². The van der Waals surface area contributed by atoms with Crippen LogP contribution < -0.4 is 14.2 Å². The molecule has 0 aliphatic carbocycles. The summed E-state index contributed by atoms with van der Waals surface area (Å²) >= 11 is -3.53. The molecule has 12 nitrogen and oxygen atoms in total. The van der Waals surface area contributed by atoms with Gasteiger partial charge in [0.05, 0.1) is 0 Å². The van der Waals surface area contributed by atoms with Crippen LogP contribution in [0.4, 0.5) is 0 Å². The number of hydrogen-bond acceptors (Lipinski definition) is 8. The minimum absolute atomic E-state index is 0.263. The van der Waals surface area contributed by atoms with Crippen molar-refractivity contribution in [2.75, 3.05) is 78.5 Å². The third-order valence-corrected chi connectivity index (χ3v) is 17.6. The predicted molar refractivity (Wildman–Crippen MR) is 159 cm³/mol. The fourth-order valence-electron chi connectivity index (χ4n) is 6.32. The van der Waals surface area contributed by atoms with Gasteiger partial charge in [0.2, 0.25) is 0 Å². The standard InChI is InChI=1S/4C7H13N2O.Sn/c4*8-4-2-6-9-5-1-3-7(9)10;/h4*8H,1-6H2;/q4*-1;+4. The molecule has 0 bridgehead atoms. The molecule has 0 aromatic carbocycles. The Bertz CT molecular complexity index is 752. The van der Waals surface area contributed by atoms with Gasteiger partial charge in [-0.25, -0.2) is 0 Å². The first-order chi connectivity index (χ1) is 20.0. The topological polar surface area (TPSA) is 129 Å². The molecule has 0 radical (unpaired) electrons. The third kappa shape index (κ3) is 10.3. The average molecular weight is 683 g/mol. The summed E-state index contributed by atoms with van der Waals surface area (Å²) < 4.78 is 15.5. The molecule has 0 atom stereocenters. The van der Waals surface area contributed by atoms with E-state index in [0.29, 0.717) is 25.7 Å². The summed E-state index contributed by atoms with van der Waals surface area (Å²) in [4.78, 5) is 56.2. The number of amides is 4. The van der Waals surface area contributed by atoms with Crippen LogP contribution in [0, 0.1) is 0 Å². The molecule has 4 N–H and O–H groups in total. The van der Waals surface area contributed by atoms with Crippen LogP contribution in [0.15, 0.2) is 0 Å². The SMILES string of the molecule is O=C1CCCN1CCC[NH][Sn]([NH]CCCN1CCCC1=O)([NH]CCCN1CCCC1=O)[NH]CCCN1CCCC1=O. The van der Waals surface area contributed by atoms with Crippen molar-refractivity contribution in [2.45, 2.75) is 77.0 Å². The summed E-state index contributed by atoms with van der Waals surface area (Å²) in [6.07, 6.45) is 10.1. The van der Waals surface area contributed by atoms with Gasteiger partial charge in [0.25, 0.3) is 0 Å². The van der Waals surface area contributed by atoms with Crippen LogP contribution in [0.1, 0.15) is 77.0 Å². The molecular formula is C28H52N8O4Sn. The van der Waals surface area contributed by atoms with Crippen LogP contribution in [0.5, 0.6) is 0 Å². The predicted octanol–water partition coefficient (Wildman–Crippen LogP) is -0.170. The second kappa shape index (κ2) is 17.0. The molecule has 41 heavy (non-hydrogen) atoms. The zero-order chi connectivity index (χ0) is 28.9. The van der Waals surface area contributed by atoms with Gasteiger partial charge >= 0.3 is 252 Å². The molecule has 0 saturated carbocycles. The summed E-state index contributed by atoms with van der Waals surface area (Å²) in [6.45, 7) is 9.75. The molecule has 0 spiro atoms. The molecule has 4 rings (SSSR count). The van der Waals surface area contributed by atoms with E-state index in [1.165, 1.54) is 0 Å². The molecule has 13 heteroatoms. The first kappa shape index (κ1) is 32.4. The monoisotopic (exact) mass is 684 g/mol. The fraction of sp³-hybridized carbons (Fsp3) is 0.857. The third-order valence-electron chi connectivity index (χ3n) is 8.67. The average Bonchev–Trinajstić information content (AvgIpc) is 3.76. The Morgan fingerprint density at radius 2 is 0.683 bits per heavy atom. The number of rotatable bonds is 20. The van der Waals surface area contributed by atoms with Crippen LogP contribution in [0.25, 0.3) is 0 Å². The van der Waals surface area contributed by atoms with E-state index in [1.807, 2.05) is 19.6 Å². The van der Waals surface area contributed by atoms with E-state index < -0.39 is 19.5 Å².